The van der Waals surface area contributed by atoms with Gasteiger partial charge in [0.15, 0.2) is 11.5 Å². The summed E-state index contributed by atoms with van der Waals surface area (Å²) < 4.78 is 4.06. The minimum atomic E-state index is -0.303. The van der Waals surface area contributed by atoms with Gasteiger partial charge in [-0.3, -0.25) is 14.2 Å². The lowest BCUT2D eigenvalue weighted by Crippen LogP contribution is -2.14. The first-order chi connectivity index (χ1) is 11.4. The molecule has 3 rings (SSSR count). The van der Waals surface area contributed by atoms with Gasteiger partial charge in [-0.15, -0.1) is 0 Å². The first-order valence-corrected chi connectivity index (χ1v) is 8.39. The molecule has 8 heteroatoms. The van der Waals surface area contributed by atoms with Gasteiger partial charge in [-0.25, -0.2) is 0 Å². The van der Waals surface area contributed by atoms with Crippen molar-refractivity contribution in [2.75, 3.05) is 5.32 Å². The van der Waals surface area contributed by atoms with Crippen molar-refractivity contribution in [2.24, 2.45) is 7.05 Å². The molecule has 2 aromatic heterocycles. The molecule has 0 aliphatic rings. The predicted octanol–water partition coefficient (Wildman–Crippen LogP) is 3.64. The van der Waals surface area contributed by atoms with Crippen LogP contribution >= 0.6 is 27.5 Å². The predicted molar refractivity (Wildman–Crippen MR) is 96.4 cm³/mol. The van der Waals surface area contributed by atoms with Gasteiger partial charge >= 0.3 is 0 Å². The zero-order valence-electron chi connectivity index (χ0n) is 13.1. The van der Waals surface area contributed by atoms with E-state index in [1.807, 2.05) is 31.2 Å². The van der Waals surface area contributed by atoms with Crippen LogP contribution in [0.4, 0.5) is 5.82 Å². The monoisotopic (exact) mass is 407 g/mol. The zero-order valence-corrected chi connectivity index (χ0v) is 15.5. The lowest BCUT2D eigenvalue weighted by Gasteiger charge is -2.04. The maximum absolute atomic E-state index is 12.3. The van der Waals surface area contributed by atoms with E-state index in [0.29, 0.717) is 27.6 Å². The number of rotatable bonds is 4. The number of aromatic nitrogens is 4. The molecule has 2 heterocycles. The number of carbonyl (C=O) groups is 1. The van der Waals surface area contributed by atoms with Gasteiger partial charge in [0.1, 0.15) is 0 Å². The van der Waals surface area contributed by atoms with Crippen molar-refractivity contribution >= 4 is 39.3 Å². The maximum Gasteiger partial charge on any atom is 0.277 e. The number of nitrogens with one attached hydrogen (secondary N) is 1. The summed E-state index contributed by atoms with van der Waals surface area (Å²) in [7, 11) is 1.79. The molecule has 1 N–H and O–H groups in total. The van der Waals surface area contributed by atoms with E-state index < -0.39 is 0 Å². The first kappa shape index (κ1) is 16.7. The highest BCUT2D eigenvalue weighted by atomic mass is 79.9. The molecule has 0 bridgehead atoms. The van der Waals surface area contributed by atoms with Crippen molar-refractivity contribution in [3.8, 4) is 0 Å². The van der Waals surface area contributed by atoms with Gasteiger partial charge in [0.25, 0.3) is 5.91 Å². The van der Waals surface area contributed by atoms with Crippen LogP contribution < -0.4 is 5.32 Å². The Bertz CT molecular complexity index is 882. The van der Waals surface area contributed by atoms with Gasteiger partial charge in [0.2, 0.25) is 0 Å². The number of amides is 1. The van der Waals surface area contributed by atoms with Gasteiger partial charge in [-0.2, -0.15) is 10.2 Å². The molecule has 124 valence electrons. The summed E-state index contributed by atoms with van der Waals surface area (Å²) in [5.41, 5.74) is 2.21. The molecule has 0 unspecified atom stereocenters. The van der Waals surface area contributed by atoms with Gasteiger partial charge in [-0.1, -0.05) is 29.8 Å². The van der Waals surface area contributed by atoms with Crippen LogP contribution in [-0.4, -0.2) is 25.5 Å². The van der Waals surface area contributed by atoms with Crippen molar-refractivity contribution in [2.45, 2.75) is 13.5 Å². The lowest BCUT2D eigenvalue weighted by molar-refractivity contribution is 0.102. The summed E-state index contributed by atoms with van der Waals surface area (Å²) in [6.07, 6.45) is 1.79. The molecular formula is C16H15BrClN5O. The Morgan fingerprint density at radius 2 is 2.08 bits per heavy atom. The summed E-state index contributed by atoms with van der Waals surface area (Å²) in [6, 6.07) is 9.30. The Morgan fingerprint density at radius 1 is 1.33 bits per heavy atom. The van der Waals surface area contributed by atoms with Crippen LogP contribution in [0.3, 0.4) is 0 Å². The summed E-state index contributed by atoms with van der Waals surface area (Å²) in [6.45, 7) is 2.40. The molecule has 0 saturated heterocycles. The van der Waals surface area contributed by atoms with E-state index in [9.17, 15) is 4.79 Å². The van der Waals surface area contributed by atoms with E-state index in [4.69, 9.17) is 11.6 Å². The van der Waals surface area contributed by atoms with Crippen LogP contribution in [0.5, 0.6) is 0 Å². The van der Waals surface area contributed by atoms with Crippen LogP contribution in [0.15, 0.2) is 41.0 Å². The van der Waals surface area contributed by atoms with Crippen LogP contribution in [0.25, 0.3) is 0 Å². The number of benzene rings is 1. The van der Waals surface area contributed by atoms with Gasteiger partial charge in [0, 0.05) is 24.0 Å². The quantitative estimate of drug-likeness (QED) is 0.717. The average Bonchev–Trinajstić information content (AvgIpc) is 3.05. The normalized spacial score (nSPS) is 10.8. The molecule has 1 aromatic carbocycles. The van der Waals surface area contributed by atoms with Crippen molar-refractivity contribution in [3.05, 3.63) is 63.0 Å². The smallest absolute Gasteiger partial charge is 0.277 e. The Balaban J connectivity index is 1.77. The van der Waals surface area contributed by atoms with Gasteiger partial charge < -0.3 is 5.32 Å². The highest BCUT2D eigenvalue weighted by Crippen LogP contribution is 2.23. The number of hydrogen-bond donors (Lipinski definition) is 1. The van der Waals surface area contributed by atoms with Crippen LogP contribution in [0.2, 0.25) is 5.02 Å². The Labute approximate surface area is 152 Å². The molecule has 24 heavy (non-hydrogen) atoms. The van der Waals surface area contributed by atoms with Gasteiger partial charge in [0.05, 0.1) is 11.0 Å². The molecular weight excluding hydrogens is 394 g/mol. The molecule has 0 radical (unpaired) electrons. The summed E-state index contributed by atoms with van der Waals surface area (Å²) in [5.74, 6) is 0.137. The van der Waals surface area contributed by atoms with E-state index in [0.717, 1.165) is 11.3 Å². The fourth-order valence-electron chi connectivity index (χ4n) is 2.21. The second kappa shape index (κ2) is 6.78. The molecule has 0 spiro atoms. The number of halogens is 2. The molecule has 1 amide bonds. The Hall–Kier alpha value is -2.12. The van der Waals surface area contributed by atoms with E-state index in [-0.39, 0.29) is 5.91 Å². The number of anilines is 1. The van der Waals surface area contributed by atoms with E-state index >= 15 is 0 Å². The second-order valence-corrected chi connectivity index (χ2v) is 6.62. The SMILES string of the molecule is Cc1cc(C(=O)Nc2nn(Cc3ccccc3Cl)cc2Br)nn1C. The molecule has 6 nitrogen and oxygen atoms in total. The molecule has 0 atom stereocenters. The summed E-state index contributed by atoms with van der Waals surface area (Å²) in [5, 5.41) is 12.0. The molecule has 0 aliphatic heterocycles. The average molecular weight is 409 g/mol. The molecule has 0 fully saturated rings. The van der Waals surface area contributed by atoms with Crippen molar-refractivity contribution in [3.63, 3.8) is 0 Å². The lowest BCUT2D eigenvalue weighted by atomic mass is 10.2. The molecule has 3 aromatic rings. The zero-order chi connectivity index (χ0) is 17.3. The molecule has 0 aliphatic carbocycles. The standard InChI is InChI=1S/C16H15BrClN5O/c1-10-7-14(20-22(10)2)16(24)19-15-12(17)9-23(21-15)8-11-5-3-4-6-13(11)18/h3-7,9H,8H2,1-2H3,(H,19,21,24). The minimum Gasteiger partial charge on any atom is -0.303 e. The number of aryl methyl sites for hydroxylation is 2. The number of hydrogen-bond acceptors (Lipinski definition) is 3. The Morgan fingerprint density at radius 3 is 2.75 bits per heavy atom. The maximum atomic E-state index is 12.3. The van der Waals surface area contributed by atoms with Crippen molar-refractivity contribution in [1.29, 1.82) is 0 Å². The molecule has 0 saturated carbocycles. The van der Waals surface area contributed by atoms with E-state index in [1.54, 1.807) is 28.7 Å². The topological polar surface area (TPSA) is 64.7 Å². The largest absolute Gasteiger partial charge is 0.303 e. The fourth-order valence-corrected chi connectivity index (χ4v) is 2.82. The summed E-state index contributed by atoms with van der Waals surface area (Å²) >= 11 is 9.58. The van der Waals surface area contributed by atoms with E-state index in [2.05, 4.69) is 31.4 Å². The highest BCUT2D eigenvalue weighted by molar-refractivity contribution is 9.10. The van der Waals surface area contributed by atoms with E-state index in [1.165, 1.54) is 0 Å². The van der Waals surface area contributed by atoms with Gasteiger partial charge in [-0.05, 0) is 40.5 Å². The highest BCUT2D eigenvalue weighted by Gasteiger charge is 2.15. The van der Waals surface area contributed by atoms with Crippen molar-refractivity contribution in [1.82, 2.24) is 19.6 Å². The first-order valence-electron chi connectivity index (χ1n) is 7.22. The van der Waals surface area contributed by atoms with Crippen LogP contribution in [0.1, 0.15) is 21.7 Å². The van der Waals surface area contributed by atoms with Crippen molar-refractivity contribution < 1.29 is 4.79 Å². The summed E-state index contributed by atoms with van der Waals surface area (Å²) in [4.78, 5) is 12.3. The minimum absolute atomic E-state index is 0.303. The van der Waals surface area contributed by atoms with Crippen LogP contribution in [0, 0.1) is 6.92 Å². The third kappa shape index (κ3) is 3.52. The Kier molecular flexibility index (Phi) is 4.73. The third-order valence-electron chi connectivity index (χ3n) is 3.59. The second-order valence-electron chi connectivity index (χ2n) is 5.36. The third-order valence-corrected chi connectivity index (χ3v) is 4.53. The fraction of sp³-hybridized carbons (Fsp3) is 0.188. The number of carbonyl (C=O) groups excluding carboxylic acids is 1. The number of nitrogens with zero attached hydrogens (tertiary/aromatic N) is 4. The van der Waals surface area contributed by atoms with Crippen LogP contribution in [-0.2, 0) is 13.6 Å².